The van der Waals surface area contributed by atoms with E-state index in [0.717, 1.165) is 38.8 Å². The summed E-state index contributed by atoms with van der Waals surface area (Å²) in [6, 6.07) is 0.661. The van der Waals surface area contributed by atoms with Crippen LogP contribution >= 0.6 is 0 Å². The molecule has 2 aliphatic heterocycles. The van der Waals surface area contributed by atoms with E-state index in [1.807, 2.05) is 0 Å². The van der Waals surface area contributed by atoms with Crippen LogP contribution in [0, 0.1) is 11.3 Å². The SMILES string of the molecule is CC(C)C1CCCN1CC1(C=O)CCCOC1. The van der Waals surface area contributed by atoms with Crippen LogP contribution in [0.5, 0.6) is 0 Å². The van der Waals surface area contributed by atoms with Crippen molar-refractivity contribution in [3.05, 3.63) is 0 Å². The number of hydrogen-bond donors (Lipinski definition) is 0. The van der Waals surface area contributed by atoms with Crippen LogP contribution in [0.2, 0.25) is 0 Å². The number of nitrogens with zero attached hydrogens (tertiary/aromatic N) is 1. The summed E-state index contributed by atoms with van der Waals surface area (Å²) in [5.74, 6) is 0.686. The maximum atomic E-state index is 11.4. The Kier molecular flexibility index (Phi) is 4.21. The summed E-state index contributed by atoms with van der Waals surface area (Å²) >= 11 is 0. The molecular formula is C14H25NO2. The number of carbonyl (C=O) groups is 1. The van der Waals surface area contributed by atoms with Crippen LogP contribution in [0.15, 0.2) is 0 Å². The van der Waals surface area contributed by atoms with E-state index >= 15 is 0 Å². The largest absolute Gasteiger partial charge is 0.380 e. The van der Waals surface area contributed by atoms with E-state index in [2.05, 4.69) is 18.7 Å². The minimum Gasteiger partial charge on any atom is -0.380 e. The highest BCUT2D eigenvalue weighted by atomic mass is 16.5. The summed E-state index contributed by atoms with van der Waals surface area (Å²) < 4.78 is 5.52. The minimum atomic E-state index is -0.226. The molecule has 0 bridgehead atoms. The number of aldehydes is 1. The highest BCUT2D eigenvalue weighted by Gasteiger charge is 2.38. The normalized spacial score (nSPS) is 35.4. The lowest BCUT2D eigenvalue weighted by Crippen LogP contribution is -2.47. The van der Waals surface area contributed by atoms with Crippen molar-refractivity contribution in [2.45, 2.75) is 45.6 Å². The Morgan fingerprint density at radius 2 is 2.29 bits per heavy atom. The highest BCUT2D eigenvalue weighted by molar-refractivity contribution is 5.60. The van der Waals surface area contributed by atoms with E-state index in [0.29, 0.717) is 18.6 Å². The molecule has 17 heavy (non-hydrogen) atoms. The first-order chi connectivity index (χ1) is 8.17. The van der Waals surface area contributed by atoms with Crippen LogP contribution in [-0.2, 0) is 9.53 Å². The fourth-order valence-corrected chi connectivity index (χ4v) is 3.34. The summed E-state index contributed by atoms with van der Waals surface area (Å²) in [6.07, 6.45) is 5.74. The molecule has 0 spiro atoms. The van der Waals surface area contributed by atoms with Gasteiger partial charge in [0.1, 0.15) is 6.29 Å². The number of hydrogen-bond acceptors (Lipinski definition) is 3. The van der Waals surface area contributed by atoms with Gasteiger partial charge in [-0.25, -0.2) is 0 Å². The van der Waals surface area contributed by atoms with Crippen LogP contribution in [0.3, 0.4) is 0 Å². The third-order valence-corrected chi connectivity index (χ3v) is 4.30. The first-order valence-corrected chi connectivity index (χ1v) is 6.95. The summed E-state index contributed by atoms with van der Waals surface area (Å²) in [5, 5.41) is 0. The van der Waals surface area contributed by atoms with Gasteiger partial charge in [0.15, 0.2) is 0 Å². The summed E-state index contributed by atoms with van der Waals surface area (Å²) in [7, 11) is 0. The van der Waals surface area contributed by atoms with Gasteiger partial charge in [0.25, 0.3) is 0 Å². The third kappa shape index (κ3) is 2.89. The zero-order chi connectivity index (χ0) is 12.3. The van der Waals surface area contributed by atoms with E-state index in [-0.39, 0.29) is 5.41 Å². The predicted molar refractivity (Wildman–Crippen MR) is 68.0 cm³/mol. The van der Waals surface area contributed by atoms with Gasteiger partial charge in [0, 0.05) is 19.2 Å². The van der Waals surface area contributed by atoms with Crippen molar-refractivity contribution in [3.8, 4) is 0 Å². The quantitative estimate of drug-likeness (QED) is 0.704. The van der Waals surface area contributed by atoms with Gasteiger partial charge < -0.3 is 9.53 Å². The highest BCUT2D eigenvalue weighted by Crippen LogP contribution is 2.32. The van der Waals surface area contributed by atoms with E-state index in [4.69, 9.17) is 4.74 Å². The Labute approximate surface area is 105 Å². The van der Waals surface area contributed by atoms with E-state index in [9.17, 15) is 4.79 Å². The monoisotopic (exact) mass is 239 g/mol. The van der Waals surface area contributed by atoms with E-state index < -0.39 is 0 Å². The van der Waals surface area contributed by atoms with Crippen molar-refractivity contribution in [2.24, 2.45) is 11.3 Å². The Morgan fingerprint density at radius 3 is 2.88 bits per heavy atom. The Balaban J connectivity index is 2.00. The number of likely N-dealkylation sites (tertiary alicyclic amines) is 1. The van der Waals surface area contributed by atoms with Crippen molar-refractivity contribution in [2.75, 3.05) is 26.3 Å². The summed E-state index contributed by atoms with van der Waals surface area (Å²) in [5.41, 5.74) is -0.226. The molecule has 2 aliphatic rings. The van der Waals surface area contributed by atoms with Crippen LogP contribution in [0.25, 0.3) is 0 Å². The van der Waals surface area contributed by atoms with Gasteiger partial charge in [-0.1, -0.05) is 13.8 Å². The molecule has 0 N–H and O–H groups in total. The van der Waals surface area contributed by atoms with Crippen molar-refractivity contribution in [3.63, 3.8) is 0 Å². The molecule has 98 valence electrons. The van der Waals surface area contributed by atoms with Crippen LogP contribution in [-0.4, -0.2) is 43.5 Å². The van der Waals surface area contributed by atoms with Crippen LogP contribution in [0.4, 0.5) is 0 Å². The average Bonchev–Trinajstić information content (AvgIpc) is 2.78. The Hall–Kier alpha value is -0.410. The summed E-state index contributed by atoms with van der Waals surface area (Å²) in [6.45, 7) is 8.07. The number of rotatable bonds is 4. The molecule has 2 unspecified atom stereocenters. The van der Waals surface area contributed by atoms with Gasteiger partial charge in [-0.15, -0.1) is 0 Å². The number of ether oxygens (including phenoxy) is 1. The van der Waals surface area contributed by atoms with Crippen molar-refractivity contribution >= 4 is 6.29 Å². The molecule has 0 aromatic rings. The zero-order valence-electron chi connectivity index (χ0n) is 11.2. The molecular weight excluding hydrogens is 214 g/mol. The predicted octanol–water partition coefficient (Wildman–Crippen LogP) is 2.10. The van der Waals surface area contributed by atoms with Gasteiger partial charge in [0.05, 0.1) is 12.0 Å². The van der Waals surface area contributed by atoms with E-state index in [1.54, 1.807) is 0 Å². The second kappa shape index (κ2) is 5.49. The fourth-order valence-electron chi connectivity index (χ4n) is 3.34. The second-order valence-corrected chi connectivity index (χ2v) is 6.06. The molecule has 0 amide bonds. The molecule has 0 radical (unpaired) electrons. The van der Waals surface area contributed by atoms with Gasteiger partial charge in [-0.05, 0) is 38.1 Å². The fraction of sp³-hybridized carbons (Fsp3) is 0.929. The second-order valence-electron chi connectivity index (χ2n) is 6.06. The molecule has 2 heterocycles. The zero-order valence-corrected chi connectivity index (χ0v) is 11.2. The third-order valence-electron chi connectivity index (χ3n) is 4.30. The standard InChI is InChI=1S/C14H25NO2/c1-12(2)13-5-3-7-15(13)9-14(10-16)6-4-8-17-11-14/h10,12-13H,3-9,11H2,1-2H3. The summed E-state index contributed by atoms with van der Waals surface area (Å²) in [4.78, 5) is 14.0. The molecule has 2 rings (SSSR count). The molecule has 0 saturated carbocycles. The average molecular weight is 239 g/mol. The van der Waals surface area contributed by atoms with Gasteiger partial charge >= 0.3 is 0 Å². The van der Waals surface area contributed by atoms with Crippen molar-refractivity contribution in [1.29, 1.82) is 0 Å². The first kappa shape index (κ1) is 13.0. The topological polar surface area (TPSA) is 29.5 Å². The maximum absolute atomic E-state index is 11.4. The lowest BCUT2D eigenvalue weighted by molar-refractivity contribution is -0.126. The molecule has 2 fully saturated rings. The molecule has 0 aliphatic carbocycles. The molecule has 0 aromatic heterocycles. The molecule has 3 heteroatoms. The Bertz CT molecular complexity index is 259. The van der Waals surface area contributed by atoms with Crippen molar-refractivity contribution in [1.82, 2.24) is 4.90 Å². The van der Waals surface area contributed by atoms with Crippen LogP contribution in [0.1, 0.15) is 39.5 Å². The van der Waals surface area contributed by atoms with E-state index in [1.165, 1.54) is 12.8 Å². The van der Waals surface area contributed by atoms with Gasteiger partial charge in [-0.3, -0.25) is 4.90 Å². The van der Waals surface area contributed by atoms with Gasteiger partial charge in [-0.2, -0.15) is 0 Å². The Morgan fingerprint density at radius 1 is 1.47 bits per heavy atom. The first-order valence-electron chi connectivity index (χ1n) is 6.95. The van der Waals surface area contributed by atoms with Crippen molar-refractivity contribution < 1.29 is 9.53 Å². The smallest absolute Gasteiger partial charge is 0.129 e. The van der Waals surface area contributed by atoms with Gasteiger partial charge in [0.2, 0.25) is 0 Å². The lowest BCUT2D eigenvalue weighted by Gasteiger charge is -2.38. The maximum Gasteiger partial charge on any atom is 0.129 e. The lowest BCUT2D eigenvalue weighted by atomic mass is 9.83. The number of carbonyl (C=O) groups excluding carboxylic acids is 1. The van der Waals surface area contributed by atoms with Crippen LogP contribution < -0.4 is 0 Å². The molecule has 3 nitrogen and oxygen atoms in total. The molecule has 0 aromatic carbocycles. The molecule has 2 atom stereocenters. The minimum absolute atomic E-state index is 0.226. The molecule has 2 saturated heterocycles.